The number of fused-ring (bicyclic) bond motifs is 5. The highest BCUT2D eigenvalue weighted by molar-refractivity contribution is 7.21. The average molecular weight is 388 g/mol. The smallest absolute Gasteiger partial charge is 0.263 e. The fourth-order valence-corrected chi connectivity index (χ4v) is 4.84. The van der Waals surface area contributed by atoms with Gasteiger partial charge in [0.2, 0.25) is 0 Å². The van der Waals surface area contributed by atoms with Gasteiger partial charge >= 0.3 is 0 Å². The molecule has 0 saturated heterocycles. The predicted octanol–water partition coefficient (Wildman–Crippen LogP) is 4.12. The Balaban J connectivity index is 1.70. The summed E-state index contributed by atoms with van der Waals surface area (Å²) in [6, 6.07) is 16.5. The van der Waals surface area contributed by atoms with Crippen molar-refractivity contribution in [1.82, 2.24) is 10.3 Å². The second-order valence-electron chi connectivity index (χ2n) is 7.17. The number of carbonyl (C=O) groups is 1. The van der Waals surface area contributed by atoms with Gasteiger partial charge in [0.25, 0.3) is 5.91 Å². The van der Waals surface area contributed by atoms with Crippen LogP contribution in [-0.4, -0.2) is 23.5 Å². The van der Waals surface area contributed by atoms with Crippen molar-refractivity contribution in [2.45, 2.75) is 19.5 Å². The number of thiophene rings is 1. The van der Waals surface area contributed by atoms with Crippen molar-refractivity contribution in [2.75, 3.05) is 11.9 Å². The first-order valence-electron chi connectivity index (χ1n) is 9.34. The quantitative estimate of drug-likeness (QED) is 0.483. The van der Waals surface area contributed by atoms with Crippen molar-refractivity contribution in [3.05, 3.63) is 59.0 Å². The molecule has 4 aromatic rings. The molecule has 0 fully saturated rings. The van der Waals surface area contributed by atoms with Gasteiger partial charge < -0.3 is 16.4 Å². The van der Waals surface area contributed by atoms with Crippen LogP contribution in [-0.2, 0) is 6.54 Å². The Labute approximate surface area is 166 Å². The van der Waals surface area contributed by atoms with Gasteiger partial charge in [-0.15, -0.1) is 11.3 Å². The Morgan fingerprint density at radius 1 is 1.21 bits per heavy atom. The number of carbonyl (C=O) groups excluding carboxylic acids is 1. The maximum Gasteiger partial charge on any atom is 0.263 e. The van der Waals surface area contributed by atoms with Crippen molar-refractivity contribution in [2.24, 2.45) is 5.73 Å². The number of nitrogens with zero attached hydrogens (tertiary/aromatic N) is 1. The number of hydrogen-bond donors (Lipinski definition) is 3. The second kappa shape index (κ2) is 6.58. The van der Waals surface area contributed by atoms with Crippen molar-refractivity contribution in [1.29, 1.82) is 0 Å². The van der Waals surface area contributed by atoms with Crippen LogP contribution in [0.1, 0.15) is 22.2 Å². The SMILES string of the molecule is C[C@@H]1CNc2c(sc3ccc4nc(-c5cccc(CN)c5)ccc4c23)C(=O)N1. The molecule has 0 aliphatic carbocycles. The molecule has 3 heterocycles. The first kappa shape index (κ1) is 17.2. The van der Waals surface area contributed by atoms with Gasteiger partial charge in [0.05, 0.1) is 16.9 Å². The summed E-state index contributed by atoms with van der Waals surface area (Å²) in [5.74, 6) is -0.00923. The lowest BCUT2D eigenvalue weighted by Crippen LogP contribution is -2.34. The van der Waals surface area contributed by atoms with Gasteiger partial charge in [-0.25, -0.2) is 4.98 Å². The summed E-state index contributed by atoms with van der Waals surface area (Å²) in [5, 5.41) is 8.64. The fraction of sp³-hybridized carbons (Fsp3) is 0.182. The van der Waals surface area contributed by atoms with Gasteiger partial charge in [0, 0.05) is 40.2 Å². The number of amides is 1. The number of hydrogen-bond acceptors (Lipinski definition) is 5. The van der Waals surface area contributed by atoms with Gasteiger partial charge in [-0.3, -0.25) is 4.79 Å². The summed E-state index contributed by atoms with van der Waals surface area (Å²) in [7, 11) is 0. The van der Waals surface area contributed by atoms with Gasteiger partial charge in [-0.1, -0.05) is 18.2 Å². The van der Waals surface area contributed by atoms with E-state index in [0.717, 1.165) is 48.4 Å². The molecule has 2 aromatic heterocycles. The molecule has 0 bridgehead atoms. The van der Waals surface area contributed by atoms with Crippen LogP contribution >= 0.6 is 11.3 Å². The average Bonchev–Trinajstić information content (AvgIpc) is 3.04. The molecule has 1 aliphatic rings. The Hall–Kier alpha value is -2.96. The second-order valence-corrected chi connectivity index (χ2v) is 8.22. The molecule has 2 aromatic carbocycles. The number of nitrogens with two attached hydrogens (primary N) is 1. The molecule has 5 rings (SSSR count). The highest BCUT2D eigenvalue weighted by Gasteiger charge is 2.24. The van der Waals surface area contributed by atoms with E-state index in [0.29, 0.717) is 13.1 Å². The zero-order valence-electron chi connectivity index (χ0n) is 15.5. The molecular formula is C22H20N4OS. The Morgan fingerprint density at radius 2 is 2.11 bits per heavy atom. The van der Waals surface area contributed by atoms with Gasteiger partial charge in [-0.2, -0.15) is 0 Å². The minimum Gasteiger partial charge on any atom is -0.381 e. The lowest BCUT2D eigenvalue weighted by Gasteiger charge is -2.10. The number of aromatic nitrogens is 1. The zero-order chi connectivity index (χ0) is 19.3. The monoisotopic (exact) mass is 388 g/mol. The highest BCUT2D eigenvalue weighted by atomic mass is 32.1. The van der Waals surface area contributed by atoms with Gasteiger partial charge in [0.1, 0.15) is 4.88 Å². The highest BCUT2D eigenvalue weighted by Crippen LogP contribution is 2.41. The van der Waals surface area contributed by atoms with Crippen LogP contribution in [0.5, 0.6) is 0 Å². The third-order valence-electron chi connectivity index (χ3n) is 5.15. The Morgan fingerprint density at radius 3 is 2.96 bits per heavy atom. The van der Waals surface area contributed by atoms with Gasteiger partial charge in [0.15, 0.2) is 0 Å². The van der Waals surface area contributed by atoms with Crippen LogP contribution in [0, 0.1) is 0 Å². The lowest BCUT2D eigenvalue weighted by atomic mass is 10.0. The molecule has 0 saturated carbocycles. The standard InChI is InChI=1S/C22H20N4OS/c1-12-11-24-20-19-15-5-6-16(14-4-2-3-13(9-14)10-23)26-17(15)7-8-18(19)28-21(20)22(27)25-12/h2-9,12,24H,10-11,23H2,1H3,(H,25,27)/t12-/m1/s1. The molecule has 6 heteroatoms. The molecule has 0 spiro atoms. The fourth-order valence-electron chi connectivity index (χ4n) is 3.74. The molecule has 1 amide bonds. The predicted molar refractivity (Wildman–Crippen MR) is 116 cm³/mol. The summed E-state index contributed by atoms with van der Waals surface area (Å²) in [4.78, 5) is 18.2. The van der Waals surface area contributed by atoms with E-state index in [-0.39, 0.29) is 11.9 Å². The number of nitrogens with one attached hydrogen (secondary N) is 2. The first-order valence-corrected chi connectivity index (χ1v) is 10.2. The van der Waals surface area contributed by atoms with E-state index >= 15 is 0 Å². The largest absolute Gasteiger partial charge is 0.381 e. The molecular weight excluding hydrogens is 368 g/mol. The summed E-state index contributed by atoms with van der Waals surface area (Å²) in [5.41, 5.74) is 10.7. The van der Waals surface area contributed by atoms with Gasteiger partial charge in [-0.05, 0) is 42.8 Å². The number of pyridine rings is 1. The minimum atomic E-state index is -0.00923. The molecule has 0 radical (unpaired) electrons. The summed E-state index contributed by atoms with van der Waals surface area (Å²) >= 11 is 1.53. The summed E-state index contributed by atoms with van der Waals surface area (Å²) in [6.07, 6.45) is 0. The maximum absolute atomic E-state index is 12.6. The van der Waals surface area contributed by atoms with Crippen LogP contribution in [0.15, 0.2) is 48.5 Å². The summed E-state index contributed by atoms with van der Waals surface area (Å²) in [6.45, 7) is 3.22. The molecule has 5 nitrogen and oxygen atoms in total. The van der Waals surface area contributed by atoms with E-state index in [9.17, 15) is 4.79 Å². The van der Waals surface area contributed by atoms with Crippen LogP contribution in [0.3, 0.4) is 0 Å². The molecule has 28 heavy (non-hydrogen) atoms. The number of rotatable bonds is 2. The molecule has 0 unspecified atom stereocenters. The van der Waals surface area contributed by atoms with E-state index in [1.54, 1.807) is 0 Å². The van der Waals surface area contributed by atoms with Crippen molar-refractivity contribution >= 4 is 43.9 Å². The van der Waals surface area contributed by atoms with Crippen molar-refractivity contribution in [3.8, 4) is 11.3 Å². The van der Waals surface area contributed by atoms with Crippen LogP contribution in [0.4, 0.5) is 5.69 Å². The zero-order valence-corrected chi connectivity index (χ0v) is 16.3. The molecule has 1 aliphatic heterocycles. The van der Waals surface area contributed by atoms with E-state index < -0.39 is 0 Å². The normalized spacial score (nSPS) is 16.5. The van der Waals surface area contributed by atoms with Crippen molar-refractivity contribution < 1.29 is 4.79 Å². The van der Waals surface area contributed by atoms with E-state index in [4.69, 9.17) is 10.7 Å². The Bertz CT molecular complexity index is 1230. The number of anilines is 1. The molecule has 140 valence electrons. The lowest BCUT2D eigenvalue weighted by molar-refractivity contribution is 0.0949. The Kier molecular flexibility index (Phi) is 4.03. The van der Waals surface area contributed by atoms with E-state index in [2.05, 4.69) is 34.9 Å². The third kappa shape index (κ3) is 2.73. The van der Waals surface area contributed by atoms with Crippen LogP contribution in [0.25, 0.3) is 32.2 Å². The molecule has 4 N–H and O–H groups in total. The third-order valence-corrected chi connectivity index (χ3v) is 6.30. The number of benzene rings is 2. The first-order chi connectivity index (χ1) is 13.6. The maximum atomic E-state index is 12.6. The van der Waals surface area contributed by atoms with Crippen molar-refractivity contribution in [3.63, 3.8) is 0 Å². The van der Waals surface area contributed by atoms with E-state index in [1.807, 2.05) is 31.2 Å². The molecule has 1 atom stereocenters. The summed E-state index contributed by atoms with van der Waals surface area (Å²) < 4.78 is 1.09. The van der Waals surface area contributed by atoms with Crippen LogP contribution in [0.2, 0.25) is 0 Å². The topological polar surface area (TPSA) is 80.0 Å². The minimum absolute atomic E-state index is 0.00923. The van der Waals surface area contributed by atoms with Crippen LogP contribution < -0.4 is 16.4 Å². The van der Waals surface area contributed by atoms with E-state index in [1.165, 1.54) is 11.3 Å².